The fourth-order valence-electron chi connectivity index (χ4n) is 1.38. The van der Waals surface area contributed by atoms with Gasteiger partial charge in [0.1, 0.15) is 0 Å². The topological polar surface area (TPSA) is 58.2 Å². The Labute approximate surface area is 87.0 Å². The molecule has 1 aromatic rings. The zero-order valence-corrected chi connectivity index (χ0v) is 7.99. The van der Waals surface area contributed by atoms with Crippen molar-refractivity contribution in [2.24, 2.45) is 0 Å². The summed E-state index contributed by atoms with van der Waals surface area (Å²) >= 11 is 0. The van der Waals surface area contributed by atoms with Crippen LogP contribution in [0, 0.1) is 0 Å². The monoisotopic (exact) mass is 202 g/mol. The van der Waals surface area contributed by atoms with E-state index < -0.39 is 0 Å². The van der Waals surface area contributed by atoms with E-state index in [0.29, 0.717) is 5.70 Å². The van der Waals surface area contributed by atoms with Gasteiger partial charge in [0.2, 0.25) is 5.91 Å². The van der Waals surface area contributed by atoms with E-state index in [-0.39, 0.29) is 18.4 Å². The number of carbonyl (C=O) groups excluding carboxylic acids is 2. The first-order chi connectivity index (χ1) is 7.25. The van der Waals surface area contributed by atoms with Gasteiger partial charge in [-0.3, -0.25) is 14.9 Å². The molecule has 0 spiro atoms. The van der Waals surface area contributed by atoms with Crippen molar-refractivity contribution in [1.82, 2.24) is 10.6 Å². The largest absolute Gasteiger partial charge is 0.376 e. The molecule has 1 heterocycles. The first-order valence-corrected chi connectivity index (χ1v) is 4.60. The number of amides is 2. The predicted molar refractivity (Wildman–Crippen MR) is 55.6 cm³/mol. The summed E-state index contributed by atoms with van der Waals surface area (Å²) < 4.78 is 0. The van der Waals surface area contributed by atoms with Crippen molar-refractivity contribution in [3.8, 4) is 0 Å². The Bertz CT molecular complexity index is 423. The molecule has 1 aliphatic heterocycles. The van der Waals surface area contributed by atoms with E-state index in [1.54, 1.807) is 0 Å². The van der Waals surface area contributed by atoms with Crippen molar-refractivity contribution < 1.29 is 9.59 Å². The molecule has 0 bridgehead atoms. The summed E-state index contributed by atoms with van der Waals surface area (Å²) in [5.41, 5.74) is 1.56. The van der Waals surface area contributed by atoms with E-state index in [1.807, 2.05) is 30.3 Å². The van der Waals surface area contributed by atoms with Gasteiger partial charge >= 0.3 is 0 Å². The van der Waals surface area contributed by atoms with E-state index >= 15 is 0 Å². The maximum atomic E-state index is 11.2. The first kappa shape index (κ1) is 9.45. The molecule has 2 amide bonds. The van der Waals surface area contributed by atoms with Crippen LogP contribution >= 0.6 is 0 Å². The molecule has 0 radical (unpaired) electrons. The van der Waals surface area contributed by atoms with Gasteiger partial charge in [0.25, 0.3) is 5.91 Å². The third kappa shape index (κ3) is 2.22. The average molecular weight is 202 g/mol. The molecule has 76 valence electrons. The van der Waals surface area contributed by atoms with E-state index in [9.17, 15) is 9.59 Å². The molecule has 0 unspecified atom stereocenters. The minimum Gasteiger partial charge on any atom is -0.376 e. The molecule has 0 fully saturated rings. The third-order valence-corrected chi connectivity index (χ3v) is 2.06. The zero-order chi connectivity index (χ0) is 10.7. The quantitative estimate of drug-likeness (QED) is 0.643. The Hall–Kier alpha value is -2.10. The minimum absolute atomic E-state index is 0.118. The van der Waals surface area contributed by atoms with E-state index in [4.69, 9.17) is 0 Å². The molecule has 2 rings (SSSR count). The molecule has 0 atom stereocenters. The van der Waals surface area contributed by atoms with Crippen molar-refractivity contribution in [2.75, 3.05) is 6.54 Å². The highest BCUT2D eigenvalue weighted by molar-refractivity contribution is 6.06. The standard InChI is InChI=1S/C11H10N2O2/c14-10-6-9(12-7-11(15)13-10)8-4-2-1-3-5-8/h1-6,12H,7H2,(H,13,14,15). The van der Waals surface area contributed by atoms with Gasteiger partial charge in [0.05, 0.1) is 6.54 Å². The van der Waals surface area contributed by atoms with Crippen LogP contribution in [-0.2, 0) is 9.59 Å². The van der Waals surface area contributed by atoms with Crippen LogP contribution in [0.5, 0.6) is 0 Å². The molecule has 1 aliphatic rings. The minimum atomic E-state index is -0.385. The lowest BCUT2D eigenvalue weighted by Crippen LogP contribution is -2.32. The second-order valence-electron chi connectivity index (χ2n) is 3.19. The predicted octanol–water partition coefficient (Wildman–Crippen LogP) is 0.273. The molecular formula is C11H10N2O2. The van der Waals surface area contributed by atoms with Gasteiger partial charge < -0.3 is 5.32 Å². The number of benzene rings is 1. The van der Waals surface area contributed by atoms with Crippen LogP contribution in [0.15, 0.2) is 36.4 Å². The summed E-state index contributed by atoms with van der Waals surface area (Å²) in [7, 11) is 0. The smallest absolute Gasteiger partial charge is 0.252 e. The molecule has 15 heavy (non-hydrogen) atoms. The summed E-state index contributed by atoms with van der Waals surface area (Å²) in [5, 5.41) is 5.13. The summed E-state index contributed by atoms with van der Waals surface area (Å²) in [6, 6.07) is 9.40. The molecular weight excluding hydrogens is 192 g/mol. The highest BCUT2D eigenvalue weighted by Crippen LogP contribution is 2.11. The molecule has 0 aliphatic carbocycles. The Morgan fingerprint density at radius 1 is 1.07 bits per heavy atom. The van der Waals surface area contributed by atoms with Crippen molar-refractivity contribution in [3.05, 3.63) is 42.0 Å². The van der Waals surface area contributed by atoms with Crippen molar-refractivity contribution in [1.29, 1.82) is 0 Å². The van der Waals surface area contributed by atoms with Crippen LogP contribution in [0.1, 0.15) is 5.56 Å². The second-order valence-corrected chi connectivity index (χ2v) is 3.19. The van der Waals surface area contributed by atoms with Gasteiger partial charge in [0, 0.05) is 11.8 Å². The molecule has 2 N–H and O–H groups in total. The highest BCUT2D eigenvalue weighted by Gasteiger charge is 2.13. The van der Waals surface area contributed by atoms with Gasteiger partial charge in [-0.25, -0.2) is 0 Å². The summed E-state index contributed by atoms with van der Waals surface area (Å²) in [4.78, 5) is 22.3. The van der Waals surface area contributed by atoms with E-state index in [1.165, 1.54) is 6.08 Å². The van der Waals surface area contributed by atoms with Crippen molar-refractivity contribution in [3.63, 3.8) is 0 Å². The maximum Gasteiger partial charge on any atom is 0.252 e. The van der Waals surface area contributed by atoms with Crippen LogP contribution in [0.3, 0.4) is 0 Å². The Balaban J connectivity index is 2.29. The lowest BCUT2D eigenvalue weighted by atomic mass is 10.1. The van der Waals surface area contributed by atoms with Gasteiger partial charge in [-0.2, -0.15) is 0 Å². The van der Waals surface area contributed by atoms with Crippen molar-refractivity contribution in [2.45, 2.75) is 0 Å². The lowest BCUT2D eigenvalue weighted by Gasteiger charge is -2.06. The van der Waals surface area contributed by atoms with Crippen LogP contribution in [0.2, 0.25) is 0 Å². The van der Waals surface area contributed by atoms with Crippen LogP contribution in [-0.4, -0.2) is 18.4 Å². The first-order valence-electron chi connectivity index (χ1n) is 4.60. The van der Waals surface area contributed by atoms with Crippen LogP contribution in [0.4, 0.5) is 0 Å². The van der Waals surface area contributed by atoms with E-state index in [2.05, 4.69) is 10.6 Å². The summed E-state index contributed by atoms with van der Waals surface area (Å²) in [6.45, 7) is 0.118. The Kier molecular flexibility index (Phi) is 2.49. The lowest BCUT2D eigenvalue weighted by molar-refractivity contribution is -0.127. The number of imide groups is 1. The van der Waals surface area contributed by atoms with Crippen LogP contribution in [0.25, 0.3) is 5.70 Å². The molecule has 1 aromatic carbocycles. The molecule has 4 heteroatoms. The molecule has 0 aromatic heterocycles. The molecule has 0 saturated carbocycles. The maximum absolute atomic E-state index is 11.2. The third-order valence-electron chi connectivity index (χ3n) is 2.06. The number of rotatable bonds is 1. The second kappa shape index (κ2) is 3.96. The van der Waals surface area contributed by atoms with Gasteiger partial charge in [-0.05, 0) is 5.56 Å². The Morgan fingerprint density at radius 2 is 1.80 bits per heavy atom. The van der Waals surface area contributed by atoms with Crippen LogP contribution < -0.4 is 10.6 Å². The van der Waals surface area contributed by atoms with Crippen molar-refractivity contribution >= 4 is 17.5 Å². The number of carbonyl (C=O) groups is 2. The SMILES string of the molecule is O=C1C=C(c2ccccc2)NCC(=O)N1. The normalized spacial score (nSPS) is 16.1. The Morgan fingerprint density at radius 3 is 2.53 bits per heavy atom. The highest BCUT2D eigenvalue weighted by atomic mass is 16.2. The number of hydrogen-bond acceptors (Lipinski definition) is 3. The van der Waals surface area contributed by atoms with Gasteiger partial charge in [-0.1, -0.05) is 30.3 Å². The molecule has 4 nitrogen and oxygen atoms in total. The van der Waals surface area contributed by atoms with Gasteiger partial charge in [0.15, 0.2) is 0 Å². The zero-order valence-electron chi connectivity index (χ0n) is 7.99. The number of nitrogens with one attached hydrogen (secondary N) is 2. The number of hydrogen-bond donors (Lipinski definition) is 2. The average Bonchev–Trinajstić information content (AvgIpc) is 2.41. The molecule has 0 saturated heterocycles. The van der Waals surface area contributed by atoms with E-state index in [0.717, 1.165) is 5.56 Å². The summed E-state index contributed by atoms with van der Waals surface area (Å²) in [6.07, 6.45) is 1.39. The van der Waals surface area contributed by atoms with Gasteiger partial charge in [-0.15, -0.1) is 0 Å². The fourth-order valence-corrected chi connectivity index (χ4v) is 1.38. The fraction of sp³-hybridized carbons (Fsp3) is 0.0909. The summed E-state index contributed by atoms with van der Waals surface area (Å²) in [5.74, 6) is -0.703.